The van der Waals surface area contributed by atoms with Crippen molar-refractivity contribution < 1.29 is 31.5 Å². The zero-order chi connectivity index (χ0) is 23.0. The van der Waals surface area contributed by atoms with E-state index in [-0.39, 0.29) is 49.8 Å². The van der Waals surface area contributed by atoms with Crippen molar-refractivity contribution in [1.82, 2.24) is 15.2 Å². The van der Waals surface area contributed by atoms with Crippen LogP contribution in [0.4, 0.5) is 32.6 Å². The van der Waals surface area contributed by atoms with Crippen LogP contribution in [0.15, 0.2) is 18.3 Å². The Labute approximate surface area is 187 Å². The summed E-state index contributed by atoms with van der Waals surface area (Å²) in [7, 11) is 0. The molecular formula is C19H25ClF5N5O2. The summed E-state index contributed by atoms with van der Waals surface area (Å²) >= 11 is 0. The Balaban J connectivity index is 0.00000363. The van der Waals surface area contributed by atoms with Crippen LogP contribution in [0.1, 0.15) is 44.2 Å². The van der Waals surface area contributed by atoms with Gasteiger partial charge in [0.25, 0.3) is 0 Å². The van der Waals surface area contributed by atoms with E-state index >= 15 is 0 Å². The molecule has 1 aliphatic heterocycles. The number of nitrogens with zero attached hydrogens (tertiary/aromatic N) is 2. The molecule has 1 saturated carbocycles. The Kier molecular flexibility index (Phi) is 7.92. The number of anilines is 1. The van der Waals surface area contributed by atoms with Gasteiger partial charge < -0.3 is 21.3 Å². The quantitative estimate of drug-likeness (QED) is 0.555. The minimum atomic E-state index is -4.55. The van der Waals surface area contributed by atoms with Crippen LogP contribution >= 0.6 is 12.4 Å². The topological polar surface area (TPSA) is 100 Å². The Bertz CT molecular complexity index is 831. The molecule has 1 unspecified atom stereocenters. The zero-order valence-corrected chi connectivity index (χ0v) is 18.0. The van der Waals surface area contributed by atoms with Crippen LogP contribution in [0.5, 0.6) is 0 Å². The number of pyridine rings is 1. The van der Waals surface area contributed by atoms with Crippen LogP contribution in [-0.4, -0.2) is 52.5 Å². The summed E-state index contributed by atoms with van der Waals surface area (Å²) in [6.07, 6.45) is -3.57. The van der Waals surface area contributed by atoms with E-state index in [9.17, 15) is 31.5 Å². The molecular weight excluding hydrogens is 461 g/mol. The Morgan fingerprint density at radius 2 is 1.97 bits per heavy atom. The molecule has 7 nitrogen and oxygen atoms in total. The first kappa shape index (κ1) is 26.0. The lowest BCUT2D eigenvalue weighted by molar-refractivity contribution is -0.150. The number of amides is 3. The molecule has 3 rings (SSSR count). The van der Waals surface area contributed by atoms with Crippen LogP contribution in [0.3, 0.4) is 0 Å². The third-order valence-corrected chi connectivity index (χ3v) is 5.89. The number of hydrogen-bond donors (Lipinski definition) is 3. The molecule has 0 radical (unpaired) electrons. The van der Waals surface area contributed by atoms with Crippen molar-refractivity contribution >= 4 is 30.2 Å². The predicted molar refractivity (Wildman–Crippen MR) is 108 cm³/mol. The number of alkyl halides is 5. The molecule has 1 aromatic heterocycles. The number of nitrogens with two attached hydrogens (primary N) is 1. The summed E-state index contributed by atoms with van der Waals surface area (Å²) in [4.78, 5) is 29.5. The highest BCUT2D eigenvalue weighted by Crippen LogP contribution is 2.37. The van der Waals surface area contributed by atoms with Gasteiger partial charge in [0.05, 0.1) is 18.6 Å². The van der Waals surface area contributed by atoms with E-state index in [4.69, 9.17) is 5.73 Å². The first-order chi connectivity index (χ1) is 14.4. The van der Waals surface area contributed by atoms with Crippen molar-refractivity contribution in [3.8, 4) is 0 Å². The van der Waals surface area contributed by atoms with Crippen molar-refractivity contribution in [3.05, 3.63) is 23.9 Å². The maximum Gasteiger partial charge on any atom is 0.410 e. The molecule has 1 aliphatic carbocycles. The third-order valence-electron chi connectivity index (χ3n) is 5.89. The van der Waals surface area contributed by atoms with Gasteiger partial charge in [0.1, 0.15) is 11.9 Å². The Morgan fingerprint density at radius 3 is 2.53 bits per heavy atom. The van der Waals surface area contributed by atoms with Gasteiger partial charge in [-0.3, -0.25) is 4.79 Å². The normalized spacial score (nSPS) is 23.2. The number of halogens is 6. The Morgan fingerprint density at radius 1 is 1.34 bits per heavy atom. The monoisotopic (exact) mass is 485 g/mol. The van der Waals surface area contributed by atoms with E-state index in [0.29, 0.717) is 5.56 Å². The lowest BCUT2D eigenvalue weighted by Crippen LogP contribution is -2.44. The van der Waals surface area contributed by atoms with Crippen molar-refractivity contribution in [2.75, 3.05) is 11.9 Å². The maximum absolute atomic E-state index is 13.3. The molecule has 2 fully saturated rings. The van der Waals surface area contributed by atoms with Gasteiger partial charge in [0, 0.05) is 19.0 Å². The van der Waals surface area contributed by atoms with Gasteiger partial charge in [-0.2, -0.15) is 13.2 Å². The highest BCUT2D eigenvalue weighted by atomic mass is 35.5. The average molecular weight is 486 g/mol. The number of urea groups is 1. The van der Waals surface area contributed by atoms with E-state index in [1.165, 1.54) is 18.3 Å². The second kappa shape index (κ2) is 9.74. The first-order valence-electron chi connectivity index (χ1n) is 9.91. The average Bonchev–Trinajstić information content (AvgIpc) is 3.09. The maximum atomic E-state index is 13.3. The molecule has 0 aromatic carbocycles. The smallest absolute Gasteiger partial charge is 0.324 e. The highest BCUT2D eigenvalue weighted by molar-refractivity contribution is 5.94. The standard InChI is InChI=1S/C19H24F5N5O2.ClH/c1-10(29-9-13(19(22,23)24)27-17(29)31)12-4-7-26-14(8-12)28-16(30)15(25)11-2-5-18(20,21)6-3-11;/h4,7-8,10-11,13,15H,2-3,5-6,9,25H2,1H3,(H,27,31)(H,26,28,30);1H/t10?,13-,15-;/m0./s1. The van der Waals surface area contributed by atoms with Crippen molar-refractivity contribution in [2.24, 2.45) is 11.7 Å². The summed E-state index contributed by atoms with van der Waals surface area (Å²) in [6.45, 7) is 1.03. The summed E-state index contributed by atoms with van der Waals surface area (Å²) < 4.78 is 65.3. The van der Waals surface area contributed by atoms with Crippen LogP contribution in [0, 0.1) is 5.92 Å². The number of nitrogens with one attached hydrogen (secondary N) is 2. The Hall–Kier alpha value is -2.21. The van der Waals surface area contributed by atoms with Gasteiger partial charge in [-0.25, -0.2) is 18.6 Å². The zero-order valence-electron chi connectivity index (χ0n) is 17.2. The predicted octanol–water partition coefficient (Wildman–Crippen LogP) is 3.61. The second-order valence-electron chi connectivity index (χ2n) is 8.05. The molecule has 0 bridgehead atoms. The fraction of sp³-hybridized carbons (Fsp3) is 0.632. The SMILES string of the molecule is CC(c1ccnc(NC(=O)[C@@H](N)C2CCC(F)(F)CC2)c1)N1C[C@@H](C(F)(F)F)NC1=O.Cl. The van der Waals surface area contributed by atoms with Crippen LogP contribution in [-0.2, 0) is 4.79 Å². The lowest BCUT2D eigenvalue weighted by atomic mass is 9.82. The van der Waals surface area contributed by atoms with Crippen molar-refractivity contribution in [2.45, 2.75) is 62.8 Å². The van der Waals surface area contributed by atoms with Crippen LogP contribution in [0.25, 0.3) is 0 Å². The summed E-state index contributed by atoms with van der Waals surface area (Å²) in [6, 6.07) is -1.52. The fourth-order valence-corrected chi connectivity index (χ4v) is 3.88. The molecule has 3 atom stereocenters. The van der Waals surface area contributed by atoms with Gasteiger partial charge in [0.2, 0.25) is 11.8 Å². The van der Waals surface area contributed by atoms with E-state index in [0.717, 1.165) is 4.90 Å². The van der Waals surface area contributed by atoms with E-state index in [1.807, 2.05) is 5.32 Å². The summed E-state index contributed by atoms with van der Waals surface area (Å²) in [5, 5.41) is 4.43. The van der Waals surface area contributed by atoms with Gasteiger partial charge in [-0.1, -0.05) is 0 Å². The van der Waals surface area contributed by atoms with E-state index in [1.54, 1.807) is 6.92 Å². The molecule has 32 heavy (non-hydrogen) atoms. The van der Waals surface area contributed by atoms with Gasteiger partial charge in [0.15, 0.2) is 0 Å². The molecule has 3 amide bonds. The minimum Gasteiger partial charge on any atom is -0.324 e. The largest absolute Gasteiger partial charge is 0.410 e. The lowest BCUT2D eigenvalue weighted by Gasteiger charge is -2.31. The minimum absolute atomic E-state index is 0. The van der Waals surface area contributed by atoms with Crippen LogP contribution in [0.2, 0.25) is 0 Å². The molecule has 13 heteroatoms. The third kappa shape index (κ3) is 5.97. The van der Waals surface area contributed by atoms with Gasteiger partial charge >= 0.3 is 12.2 Å². The van der Waals surface area contributed by atoms with E-state index in [2.05, 4.69) is 10.3 Å². The number of carbonyl (C=O) groups is 2. The number of rotatable bonds is 5. The van der Waals surface area contributed by atoms with Crippen molar-refractivity contribution in [3.63, 3.8) is 0 Å². The molecule has 1 saturated heterocycles. The van der Waals surface area contributed by atoms with Crippen LogP contribution < -0.4 is 16.4 Å². The first-order valence-corrected chi connectivity index (χ1v) is 9.91. The summed E-state index contributed by atoms with van der Waals surface area (Å²) in [5.74, 6) is -3.58. The molecule has 1 aromatic rings. The molecule has 180 valence electrons. The fourth-order valence-electron chi connectivity index (χ4n) is 3.88. The van der Waals surface area contributed by atoms with E-state index < -0.39 is 48.7 Å². The van der Waals surface area contributed by atoms with Crippen molar-refractivity contribution in [1.29, 1.82) is 0 Å². The number of carbonyl (C=O) groups excluding carboxylic acids is 2. The number of aromatic nitrogens is 1. The highest BCUT2D eigenvalue weighted by Gasteiger charge is 2.48. The van der Waals surface area contributed by atoms with Gasteiger partial charge in [-0.05, 0) is 43.4 Å². The molecule has 2 heterocycles. The number of hydrogen-bond acceptors (Lipinski definition) is 4. The molecule has 4 N–H and O–H groups in total. The second-order valence-corrected chi connectivity index (χ2v) is 8.05. The summed E-state index contributed by atoms with van der Waals surface area (Å²) in [5.41, 5.74) is 6.41. The van der Waals surface area contributed by atoms with Gasteiger partial charge in [-0.15, -0.1) is 12.4 Å². The molecule has 0 spiro atoms. The molecule has 2 aliphatic rings.